The number of hydrogen-bond donors (Lipinski definition) is 0. The number of alkyl halides is 27. The van der Waals surface area contributed by atoms with Crippen molar-refractivity contribution < 1.29 is 119 Å². The molecule has 0 aliphatic heterocycles. The Morgan fingerprint density at radius 3 is 0.827 bits per heavy atom. The predicted octanol–water partition coefficient (Wildman–Crippen LogP) is 12.0. The quantitative estimate of drug-likeness (QED) is 0.0688. The Bertz CT molecular complexity index is 1130. The Morgan fingerprint density at radius 2 is 0.596 bits per heavy atom. The average molecular weight is 943 g/mol. The van der Waals surface area contributed by atoms with Crippen LogP contribution >= 0.6 is 0 Å². The van der Waals surface area contributed by atoms with Crippen LogP contribution in [0.4, 0.5) is 119 Å². The van der Waals surface area contributed by atoms with Crippen LogP contribution in [-0.4, -0.2) is 94.4 Å². The summed E-state index contributed by atoms with van der Waals surface area (Å²) in [6.45, 7) is 0. The molecule has 0 heterocycles. The van der Waals surface area contributed by atoms with Gasteiger partial charge in [0, 0.05) is 0 Å². The number of halogens is 27. The molecule has 0 radical (unpaired) electrons. The first-order chi connectivity index (χ1) is 22.4. The molecule has 0 nitrogen and oxygen atoms in total. The van der Waals surface area contributed by atoms with Gasteiger partial charge in [-0.25, -0.2) is 0 Å². The van der Waals surface area contributed by atoms with Crippen LogP contribution in [0, 0.1) is 0 Å². The van der Waals surface area contributed by atoms with Crippen LogP contribution in [0.1, 0.15) is 57.8 Å². The van der Waals surface area contributed by atoms with Crippen LogP contribution in [0.25, 0.3) is 0 Å². The third-order valence-electron chi connectivity index (χ3n) is 7.28. The van der Waals surface area contributed by atoms with E-state index in [1.165, 1.54) is 0 Å². The summed E-state index contributed by atoms with van der Waals surface area (Å²) in [6.07, 6.45) is -37.0. The topological polar surface area (TPSA) is 0 Å². The van der Waals surface area contributed by atoms with Crippen LogP contribution < -0.4 is 0 Å². The fourth-order valence-electron chi connectivity index (χ4n) is 4.19. The Balaban J connectivity index is 6.23. The van der Waals surface area contributed by atoms with Gasteiger partial charge < -0.3 is 0 Å². The molecular formula is C24H23F27Sn. The van der Waals surface area contributed by atoms with Gasteiger partial charge >= 0.3 is 286 Å². The van der Waals surface area contributed by atoms with E-state index in [4.69, 9.17) is 0 Å². The average Bonchev–Trinajstić information content (AvgIpc) is 2.90. The molecule has 0 aromatic rings. The maximum atomic E-state index is 13.9. The molecule has 1 unspecified atom stereocenters. The van der Waals surface area contributed by atoms with E-state index < -0.39 is 162 Å². The molecule has 0 N–H and O–H groups in total. The number of rotatable bonds is 19. The molecule has 0 fully saturated rings. The predicted molar refractivity (Wildman–Crippen MR) is 126 cm³/mol. The molecule has 52 heavy (non-hydrogen) atoms. The van der Waals surface area contributed by atoms with Gasteiger partial charge in [0.25, 0.3) is 0 Å². The zero-order valence-electron chi connectivity index (χ0n) is 25.2. The van der Waals surface area contributed by atoms with E-state index >= 15 is 0 Å². The molecule has 0 aliphatic rings. The van der Waals surface area contributed by atoms with Crippen molar-refractivity contribution in [1.82, 2.24) is 0 Å². The molecule has 312 valence electrons. The van der Waals surface area contributed by atoms with Crippen molar-refractivity contribution in [2.24, 2.45) is 0 Å². The second-order valence-corrected chi connectivity index (χ2v) is 15.7. The summed E-state index contributed by atoms with van der Waals surface area (Å²) < 4.78 is 352. The molecule has 0 saturated heterocycles. The van der Waals surface area contributed by atoms with Gasteiger partial charge in [-0.2, -0.15) is 0 Å². The van der Waals surface area contributed by atoms with Gasteiger partial charge in [-0.15, -0.1) is 0 Å². The fourth-order valence-corrected chi connectivity index (χ4v) is 6.70. The van der Waals surface area contributed by atoms with Crippen LogP contribution in [0.2, 0.25) is 3.93 Å². The first-order valence-corrected chi connectivity index (χ1v) is 17.0. The van der Waals surface area contributed by atoms with E-state index in [1.54, 1.807) is 0 Å². The molecule has 0 amide bonds. The van der Waals surface area contributed by atoms with Crippen LogP contribution in [-0.2, 0) is 0 Å². The van der Waals surface area contributed by atoms with E-state index in [1.807, 2.05) is 0 Å². The van der Waals surface area contributed by atoms with Gasteiger partial charge in [-0.1, -0.05) is 0 Å². The summed E-state index contributed by atoms with van der Waals surface area (Å²) >= 11 is -1.15. The monoisotopic (exact) mass is 944 g/mol. The van der Waals surface area contributed by atoms with Gasteiger partial charge in [0.05, 0.1) is 0 Å². The zero-order chi connectivity index (χ0) is 42.2. The van der Waals surface area contributed by atoms with Crippen molar-refractivity contribution in [1.29, 1.82) is 0 Å². The summed E-state index contributed by atoms with van der Waals surface area (Å²) in [7, 11) is 0. The van der Waals surface area contributed by atoms with Gasteiger partial charge in [-0.3, -0.25) is 0 Å². The molecule has 1 atom stereocenters. The first kappa shape index (κ1) is 50.6. The molecule has 0 aromatic heterocycles. The minimum atomic E-state index is -7.37. The van der Waals surface area contributed by atoms with Crippen LogP contribution in [0.15, 0.2) is 11.6 Å². The van der Waals surface area contributed by atoms with E-state index in [9.17, 15) is 119 Å². The molecule has 0 spiro atoms. The van der Waals surface area contributed by atoms with Crippen LogP contribution in [0.3, 0.4) is 0 Å². The van der Waals surface area contributed by atoms with Gasteiger partial charge in [0.15, 0.2) is 0 Å². The van der Waals surface area contributed by atoms with Crippen molar-refractivity contribution in [3.63, 3.8) is 0 Å². The summed E-state index contributed by atoms with van der Waals surface area (Å²) in [4.78, 5) is 0. The van der Waals surface area contributed by atoms with Crippen molar-refractivity contribution in [3.05, 3.63) is 11.6 Å². The van der Waals surface area contributed by atoms with Gasteiger partial charge in [-0.05, 0) is 0 Å². The van der Waals surface area contributed by atoms with Crippen molar-refractivity contribution >= 4 is 22.5 Å². The Morgan fingerprint density at radius 1 is 0.365 bits per heavy atom. The summed E-state index contributed by atoms with van der Waals surface area (Å²) in [6, 6.07) is 0. The van der Waals surface area contributed by atoms with E-state index in [0.717, 1.165) is 0 Å². The summed E-state index contributed by atoms with van der Waals surface area (Å²) in [5, 5.41) is 0. The van der Waals surface area contributed by atoms with Crippen molar-refractivity contribution in [2.45, 2.75) is 134 Å². The van der Waals surface area contributed by atoms with Crippen molar-refractivity contribution in [3.8, 4) is 0 Å². The number of allylic oxidation sites excluding steroid dienone is 2. The Labute approximate surface area is 286 Å². The van der Waals surface area contributed by atoms with Gasteiger partial charge in [0.1, 0.15) is 0 Å². The van der Waals surface area contributed by atoms with Gasteiger partial charge in [0.2, 0.25) is 0 Å². The third-order valence-corrected chi connectivity index (χ3v) is 9.88. The second-order valence-electron chi connectivity index (χ2n) is 11.5. The maximum absolute atomic E-state index is 13.9. The van der Waals surface area contributed by atoms with E-state index in [2.05, 4.69) is 0 Å². The normalized spacial score (nSPS) is 16.4. The van der Waals surface area contributed by atoms with E-state index in [0.29, 0.717) is 6.08 Å². The zero-order valence-corrected chi connectivity index (χ0v) is 30.9. The Kier molecular flexibility index (Phi) is 15.2. The molecule has 28 heteroatoms. The van der Waals surface area contributed by atoms with Crippen molar-refractivity contribution in [2.75, 3.05) is 0 Å². The molecule has 0 saturated carbocycles. The minimum absolute atomic E-state index is 0.553. The molecule has 0 rings (SSSR count). The fraction of sp³-hybridized carbons (Fsp3) is 0.917. The first-order valence-electron chi connectivity index (χ1n) is 13.7. The SMILES string of the molecule is FC(F)(F)C(F)(F)C(F)(F)C(F)(F)CCCC(=C[CH]([SnH3])CCCC(F)(F)C(F)(F)C(F)(F)C(F)(F)F)CCCC(F)(F)C(F)(F)C(F)(F)C(F)(F)F. The molecule has 0 aromatic carbocycles. The van der Waals surface area contributed by atoms with Crippen LogP contribution in [0.5, 0.6) is 0 Å². The standard InChI is InChI=1S/C24H20F27.Sn.3H/c25-13(26,16(31,32)19(37,38)22(43,44)45)9-3-1-2-6-12(7-4-10-14(27,28)17(33,34)20(39,40)23(46,47)48)8-5-11-15(29,30)18(35,36)21(41,42)24(49,50)51;;;;/h2,6H,1,3-5,7-11H2;;;;. The molecule has 0 aliphatic carbocycles. The summed E-state index contributed by atoms with van der Waals surface area (Å²) in [5.74, 6) is -62.0. The number of hydrogen-bond acceptors (Lipinski definition) is 0. The second kappa shape index (κ2) is 15.7. The third kappa shape index (κ3) is 10.1. The Hall–Kier alpha value is -1.35. The molecular weight excluding hydrogens is 920 g/mol. The molecule has 0 bridgehead atoms. The summed E-state index contributed by atoms with van der Waals surface area (Å²) in [5.41, 5.74) is -0.798. The van der Waals surface area contributed by atoms with E-state index in [-0.39, 0.29) is 0 Å².